The number of aryl methyl sites for hydroxylation is 1. The SMILES string of the molecule is CCc1ccc(NC(=O)N2CCN(C(=O)c3cc(-c4ccc(OC)cc4)n(-c4ccccc4F)c3C)CC2)cc1. The van der Waals surface area contributed by atoms with E-state index in [1.165, 1.54) is 11.6 Å². The van der Waals surface area contributed by atoms with Crippen molar-refractivity contribution < 1.29 is 18.7 Å². The Morgan fingerprint density at radius 1 is 0.900 bits per heavy atom. The van der Waals surface area contributed by atoms with E-state index in [-0.39, 0.29) is 17.8 Å². The highest BCUT2D eigenvalue weighted by atomic mass is 19.1. The summed E-state index contributed by atoms with van der Waals surface area (Å²) in [5.74, 6) is 0.192. The van der Waals surface area contributed by atoms with Crippen LogP contribution in [0, 0.1) is 12.7 Å². The molecule has 1 aromatic heterocycles. The minimum absolute atomic E-state index is 0.141. The summed E-state index contributed by atoms with van der Waals surface area (Å²) in [6, 6.07) is 23.5. The molecule has 3 amide bonds. The van der Waals surface area contributed by atoms with Gasteiger partial charge in [-0.05, 0) is 79.1 Å². The molecule has 8 heteroatoms. The zero-order chi connectivity index (χ0) is 28.2. The molecule has 1 saturated heterocycles. The van der Waals surface area contributed by atoms with Gasteiger partial charge in [-0.2, -0.15) is 0 Å². The molecular weight excluding hydrogens is 507 g/mol. The number of aromatic nitrogens is 1. The molecule has 0 aliphatic carbocycles. The largest absolute Gasteiger partial charge is 0.497 e. The number of methoxy groups -OCH3 is 1. The van der Waals surface area contributed by atoms with Crippen LogP contribution in [0.3, 0.4) is 0 Å². The van der Waals surface area contributed by atoms with Gasteiger partial charge in [0.25, 0.3) is 5.91 Å². The van der Waals surface area contributed by atoms with Crippen LogP contribution in [0.2, 0.25) is 0 Å². The number of urea groups is 1. The molecule has 0 unspecified atom stereocenters. The summed E-state index contributed by atoms with van der Waals surface area (Å²) < 4.78 is 22.1. The highest BCUT2D eigenvalue weighted by Crippen LogP contribution is 2.32. The average molecular weight is 541 g/mol. The Kier molecular flexibility index (Phi) is 7.86. The first-order chi connectivity index (χ1) is 19.4. The van der Waals surface area contributed by atoms with E-state index >= 15 is 0 Å². The van der Waals surface area contributed by atoms with Crippen molar-refractivity contribution in [2.24, 2.45) is 0 Å². The molecule has 0 atom stereocenters. The van der Waals surface area contributed by atoms with Gasteiger partial charge >= 0.3 is 6.03 Å². The molecule has 0 spiro atoms. The summed E-state index contributed by atoms with van der Waals surface area (Å²) in [5.41, 5.74) is 5.02. The van der Waals surface area contributed by atoms with E-state index in [9.17, 15) is 14.0 Å². The summed E-state index contributed by atoms with van der Waals surface area (Å²) in [4.78, 5) is 30.0. The molecule has 1 aliphatic heterocycles. The molecule has 3 aromatic carbocycles. The van der Waals surface area contributed by atoms with Gasteiger partial charge in [0, 0.05) is 37.6 Å². The van der Waals surface area contributed by atoms with Crippen LogP contribution < -0.4 is 10.1 Å². The second-order valence-corrected chi connectivity index (χ2v) is 9.80. The smallest absolute Gasteiger partial charge is 0.321 e. The van der Waals surface area contributed by atoms with Gasteiger partial charge < -0.3 is 24.4 Å². The number of benzene rings is 3. The van der Waals surface area contributed by atoms with Crippen molar-refractivity contribution in [1.29, 1.82) is 0 Å². The number of nitrogens with zero attached hydrogens (tertiary/aromatic N) is 3. The van der Waals surface area contributed by atoms with Gasteiger partial charge in [0.05, 0.1) is 24.1 Å². The van der Waals surface area contributed by atoms with Crippen LogP contribution in [0.5, 0.6) is 5.75 Å². The monoisotopic (exact) mass is 540 g/mol. The number of carbonyl (C=O) groups is 2. The molecule has 1 N–H and O–H groups in total. The number of amides is 3. The van der Waals surface area contributed by atoms with Crippen LogP contribution >= 0.6 is 0 Å². The number of carbonyl (C=O) groups excluding carboxylic acids is 2. The Labute approximate surface area is 233 Å². The number of para-hydroxylation sites is 1. The summed E-state index contributed by atoms with van der Waals surface area (Å²) in [6.45, 7) is 5.57. The third kappa shape index (κ3) is 5.43. The van der Waals surface area contributed by atoms with Gasteiger partial charge in [0.1, 0.15) is 11.6 Å². The zero-order valence-corrected chi connectivity index (χ0v) is 23.0. The quantitative estimate of drug-likeness (QED) is 0.319. The van der Waals surface area contributed by atoms with Crippen LogP contribution in [0.15, 0.2) is 78.9 Å². The maximum Gasteiger partial charge on any atom is 0.321 e. The first kappa shape index (κ1) is 27.0. The molecule has 0 saturated carbocycles. The molecule has 2 heterocycles. The first-order valence-corrected chi connectivity index (χ1v) is 13.5. The Hall–Kier alpha value is -4.59. The molecule has 7 nitrogen and oxygen atoms in total. The molecule has 4 aromatic rings. The molecule has 40 heavy (non-hydrogen) atoms. The fraction of sp³-hybridized carbons (Fsp3) is 0.250. The maximum atomic E-state index is 15.0. The predicted octanol–water partition coefficient (Wildman–Crippen LogP) is 6.15. The number of rotatable bonds is 6. The lowest BCUT2D eigenvalue weighted by Gasteiger charge is -2.34. The fourth-order valence-electron chi connectivity index (χ4n) is 5.05. The highest BCUT2D eigenvalue weighted by molar-refractivity contribution is 5.98. The van der Waals surface area contributed by atoms with Crippen molar-refractivity contribution in [3.8, 4) is 22.7 Å². The van der Waals surface area contributed by atoms with Crippen molar-refractivity contribution in [1.82, 2.24) is 14.4 Å². The number of ether oxygens (including phenoxy) is 1. The van der Waals surface area contributed by atoms with Crippen molar-refractivity contribution >= 4 is 17.6 Å². The van der Waals surface area contributed by atoms with Gasteiger partial charge in [0.15, 0.2) is 0 Å². The van der Waals surface area contributed by atoms with Gasteiger partial charge in [-0.25, -0.2) is 9.18 Å². The van der Waals surface area contributed by atoms with E-state index in [2.05, 4.69) is 12.2 Å². The number of hydrogen-bond acceptors (Lipinski definition) is 3. The second-order valence-electron chi connectivity index (χ2n) is 9.80. The van der Waals surface area contributed by atoms with E-state index in [4.69, 9.17) is 4.74 Å². The minimum atomic E-state index is -0.376. The van der Waals surface area contributed by atoms with Gasteiger partial charge in [-0.15, -0.1) is 0 Å². The fourth-order valence-corrected chi connectivity index (χ4v) is 5.05. The lowest BCUT2D eigenvalue weighted by molar-refractivity contribution is 0.0671. The van der Waals surface area contributed by atoms with Gasteiger partial charge in [-0.1, -0.05) is 31.2 Å². The van der Waals surface area contributed by atoms with Crippen molar-refractivity contribution in [3.63, 3.8) is 0 Å². The molecule has 5 rings (SSSR count). The molecule has 1 aliphatic rings. The first-order valence-electron chi connectivity index (χ1n) is 13.5. The summed E-state index contributed by atoms with van der Waals surface area (Å²) in [7, 11) is 1.60. The molecule has 206 valence electrons. The van der Waals surface area contributed by atoms with E-state index in [0.29, 0.717) is 54.6 Å². The Balaban J connectivity index is 1.36. The number of anilines is 1. The standard InChI is InChI=1S/C32H33FN4O3/c1-4-23-9-13-25(14-10-23)34-32(39)36-19-17-35(18-20-36)31(38)27-21-30(24-11-15-26(40-3)16-12-24)37(22(27)2)29-8-6-5-7-28(29)33/h5-16,21H,4,17-20H2,1-3H3,(H,34,39). The summed E-state index contributed by atoms with van der Waals surface area (Å²) in [5, 5.41) is 2.94. The highest BCUT2D eigenvalue weighted by Gasteiger charge is 2.28. The van der Waals surface area contributed by atoms with Crippen molar-refractivity contribution in [2.75, 3.05) is 38.6 Å². The number of nitrogens with one attached hydrogen (secondary N) is 1. The Morgan fingerprint density at radius 2 is 1.55 bits per heavy atom. The van der Waals surface area contributed by atoms with E-state index in [1.54, 1.807) is 39.7 Å². The Morgan fingerprint density at radius 3 is 2.17 bits per heavy atom. The summed E-state index contributed by atoms with van der Waals surface area (Å²) >= 11 is 0. The molecule has 0 bridgehead atoms. The van der Waals surface area contributed by atoms with Crippen molar-refractivity contribution in [2.45, 2.75) is 20.3 Å². The lowest BCUT2D eigenvalue weighted by Crippen LogP contribution is -2.51. The third-order valence-corrected chi connectivity index (χ3v) is 7.42. The van der Waals surface area contributed by atoms with Crippen LogP contribution in [-0.4, -0.2) is 59.6 Å². The lowest BCUT2D eigenvalue weighted by atomic mass is 10.1. The van der Waals surface area contributed by atoms with E-state index < -0.39 is 0 Å². The number of halogens is 1. The van der Waals surface area contributed by atoms with Crippen molar-refractivity contribution in [3.05, 3.63) is 102 Å². The van der Waals surface area contributed by atoms with Gasteiger partial charge in [-0.3, -0.25) is 4.79 Å². The molecule has 1 fully saturated rings. The average Bonchev–Trinajstić information content (AvgIpc) is 3.34. The number of hydrogen-bond donors (Lipinski definition) is 1. The molecule has 0 radical (unpaired) electrons. The number of piperazine rings is 1. The van der Waals surface area contributed by atoms with Crippen LogP contribution in [0.25, 0.3) is 16.9 Å². The minimum Gasteiger partial charge on any atom is -0.497 e. The normalized spacial score (nSPS) is 13.3. The van der Waals surface area contributed by atoms with Crippen LogP contribution in [-0.2, 0) is 6.42 Å². The maximum absolute atomic E-state index is 15.0. The zero-order valence-electron chi connectivity index (χ0n) is 23.0. The van der Waals surface area contributed by atoms with Crippen LogP contribution in [0.4, 0.5) is 14.9 Å². The van der Waals surface area contributed by atoms with Crippen LogP contribution in [0.1, 0.15) is 28.5 Å². The van der Waals surface area contributed by atoms with Gasteiger partial charge in [0.2, 0.25) is 0 Å². The third-order valence-electron chi connectivity index (χ3n) is 7.42. The molecular formula is C32H33FN4O3. The Bertz CT molecular complexity index is 1500. The van der Waals surface area contributed by atoms with E-state index in [0.717, 1.165) is 17.7 Å². The van der Waals surface area contributed by atoms with E-state index in [1.807, 2.05) is 61.5 Å². The topological polar surface area (TPSA) is 66.8 Å². The summed E-state index contributed by atoms with van der Waals surface area (Å²) in [6.07, 6.45) is 0.939. The second kappa shape index (κ2) is 11.7. The predicted molar refractivity (Wildman–Crippen MR) is 155 cm³/mol.